The number of rotatable bonds is 4. The van der Waals surface area contributed by atoms with Gasteiger partial charge in [-0.2, -0.15) is 0 Å². The lowest BCUT2D eigenvalue weighted by atomic mass is 10.3. The van der Waals surface area contributed by atoms with Crippen LogP contribution in [0.5, 0.6) is 5.75 Å². The van der Waals surface area contributed by atoms with E-state index in [4.69, 9.17) is 9.72 Å². The van der Waals surface area contributed by atoms with Crippen molar-refractivity contribution in [3.8, 4) is 5.75 Å². The van der Waals surface area contributed by atoms with Crippen molar-refractivity contribution >= 4 is 44.1 Å². The lowest BCUT2D eigenvalue weighted by molar-refractivity contribution is 0.0750. The summed E-state index contributed by atoms with van der Waals surface area (Å²) in [6, 6.07) is 6.00. The van der Waals surface area contributed by atoms with Crippen LogP contribution >= 0.6 is 22.9 Å². The molecule has 1 aromatic carbocycles. The van der Waals surface area contributed by atoms with E-state index in [1.165, 1.54) is 11.5 Å². The first-order valence-electron chi connectivity index (χ1n) is 8.52. The first-order chi connectivity index (χ1) is 12.7. The minimum atomic E-state index is 0.0304. The van der Waals surface area contributed by atoms with Crippen molar-refractivity contribution in [1.82, 2.24) is 19.5 Å². The highest BCUT2D eigenvalue weighted by atomic mass is 32.1. The van der Waals surface area contributed by atoms with Crippen molar-refractivity contribution in [2.45, 2.75) is 13.8 Å². The fourth-order valence-electron chi connectivity index (χ4n) is 2.96. The van der Waals surface area contributed by atoms with Crippen LogP contribution in [0.2, 0.25) is 0 Å². The summed E-state index contributed by atoms with van der Waals surface area (Å²) in [6.45, 7) is 7.36. The second kappa shape index (κ2) is 7.16. The van der Waals surface area contributed by atoms with E-state index in [9.17, 15) is 4.79 Å². The molecule has 0 bridgehead atoms. The minimum Gasteiger partial charge on any atom is -0.494 e. The number of carbonyl (C=O) groups excluding carboxylic acids is 1. The molecule has 1 aliphatic heterocycles. The minimum absolute atomic E-state index is 0.0304. The molecule has 26 heavy (non-hydrogen) atoms. The highest BCUT2D eigenvalue weighted by molar-refractivity contribution is 7.22. The molecule has 1 saturated heterocycles. The molecule has 7 nitrogen and oxygen atoms in total. The lowest BCUT2D eigenvalue weighted by Gasteiger charge is -2.34. The first-order valence-corrected chi connectivity index (χ1v) is 10.1. The van der Waals surface area contributed by atoms with E-state index >= 15 is 0 Å². The maximum Gasteiger partial charge on any atom is 0.267 e. The third-order valence-electron chi connectivity index (χ3n) is 4.34. The van der Waals surface area contributed by atoms with Crippen molar-refractivity contribution in [2.75, 3.05) is 37.7 Å². The number of hydrogen-bond acceptors (Lipinski definition) is 8. The predicted octanol–water partition coefficient (Wildman–Crippen LogP) is 2.82. The van der Waals surface area contributed by atoms with Crippen molar-refractivity contribution < 1.29 is 9.53 Å². The van der Waals surface area contributed by atoms with Gasteiger partial charge in [-0.15, -0.1) is 5.10 Å². The van der Waals surface area contributed by atoms with Crippen LogP contribution in [-0.2, 0) is 0 Å². The number of benzene rings is 1. The monoisotopic (exact) mass is 389 g/mol. The van der Waals surface area contributed by atoms with Crippen LogP contribution in [-0.4, -0.2) is 58.2 Å². The first kappa shape index (κ1) is 17.2. The average Bonchev–Trinajstić information content (AvgIpc) is 3.27. The Balaban J connectivity index is 1.45. The second-order valence-electron chi connectivity index (χ2n) is 6.03. The number of carbonyl (C=O) groups is 1. The molecule has 0 atom stereocenters. The number of aryl methyl sites for hydroxylation is 1. The van der Waals surface area contributed by atoms with Crippen molar-refractivity contribution in [3.05, 3.63) is 28.8 Å². The number of piperazine rings is 1. The molecule has 1 aliphatic rings. The topological polar surface area (TPSA) is 71.5 Å². The largest absolute Gasteiger partial charge is 0.494 e. The number of nitrogens with zero attached hydrogens (tertiary/aromatic N) is 5. The number of thiazole rings is 1. The molecule has 9 heteroatoms. The summed E-state index contributed by atoms with van der Waals surface area (Å²) >= 11 is 2.84. The highest BCUT2D eigenvalue weighted by Gasteiger charge is 2.26. The van der Waals surface area contributed by atoms with Gasteiger partial charge in [0.1, 0.15) is 10.6 Å². The Morgan fingerprint density at radius 1 is 1.27 bits per heavy atom. The molecule has 3 heterocycles. The Bertz CT molecular complexity index is 930. The normalized spacial score (nSPS) is 14.8. The SMILES string of the molecule is CCOc1ccc2nc(N3CCN(C(=O)c4snnc4C)CC3)sc2c1. The Hall–Kier alpha value is -2.26. The number of aromatic nitrogens is 3. The number of amides is 1. The zero-order valence-electron chi connectivity index (χ0n) is 14.6. The third-order valence-corrected chi connectivity index (χ3v) is 6.24. The molecule has 0 saturated carbocycles. The average molecular weight is 390 g/mol. The molecule has 0 spiro atoms. The van der Waals surface area contributed by atoms with Gasteiger partial charge in [-0.1, -0.05) is 15.8 Å². The molecule has 0 aliphatic carbocycles. The van der Waals surface area contributed by atoms with Crippen LogP contribution in [0, 0.1) is 6.92 Å². The summed E-state index contributed by atoms with van der Waals surface area (Å²) in [5.41, 5.74) is 1.69. The molecule has 136 valence electrons. The van der Waals surface area contributed by atoms with Gasteiger partial charge in [-0.3, -0.25) is 4.79 Å². The van der Waals surface area contributed by atoms with E-state index in [2.05, 4.69) is 14.5 Å². The summed E-state index contributed by atoms with van der Waals surface area (Å²) in [5.74, 6) is 0.905. The molecule has 0 unspecified atom stereocenters. The van der Waals surface area contributed by atoms with E-state index < -0.39 is 0 Å². The molecule has 0 N–H and O–H groups in total. The fourth-order valence-corrected chi connectivity index (χ4v) is 4.63. The summed E-state index contributed by atoms with van der Waals surface area (Å²) in [4.78, 5) is 22.1. The Morgan fingerprint density at radius 2 is 2.08 bits per heavy atom. The summed E-state index contributed by atoms with van der Waals surface area (Å²) in [5, 5.41) is 4.93. The molecular formula is C17H19N5O2S2. The maximum atomic E-state index is 12.6. The summed E-state index contributed by atoms with van der Waals surface area (Å²) < 4.78 is 10.5. The van der Waals surface area contributed by atoms with Crippen LogP contribution < -0.4 is 9.64 Å². The Morgan fingerprint density at radius 3 is 2.77 bits per heavy atom. The number of anilines is 1. The molecule has 4 rings (SSSR count). The maximum absolute atomic E-state index is 12.6. The highest BCUT2D eigenvalue weighted by Crippen LogP contribution is 2.32. The number of fused-ring (bicyclic) bond motifs is 1. The molecular weight excluding hydrogens is 370 g/mol. The van der Waals surface area contributed by atoms with E-state index in [1.807, 2.05) is 36.9 Å². The lowest BCUT2D eigenvalue weighted by Crippen LogP contribution is -2.48. The predicted molar refractivity (Wildman–Crippen MR) is 104 cm³/mol. The van der Waals surface area contributed by atoms with Crippen molar-refractivity contribution in [1.29, 1.82) is 0 Å². The van der Waals surface area contributed by atoms with E-state index in [-0.39, 0.29) is 5.91 Å². The van der Waals surface area contributed by atoms with Crippen LogP contribution in [0.3, 0.4) is 0 Å². The van der Waals surface area contributed by atoms with E-state index in [0.29, 0.717) is 30.3 Å². The Kier molecular flexibility index (Phi) is 4.73. The van der Waals surface area contributed by atoms with Gasteiger partial charge < -0.3 is 14.5 Å². The van der Waals surface area contributed by atoms with Gasteiger partial charge in [0.25, 0.3) is 5.91 Å². The summed E-state index contributed by atoms with van der Waals surface area (Å²) in [6.07, 6.45) is 0. The second-order valence-corrected chi connectivity index (χ2v) is 7.79. The van der Waals surface area contributed by atoms with Crippen LogP contribution in [0.15, 0.2) is 18.2 Å². The smallest absolute Gasteiger partial charge is 0.267 e. The molecule has 0 radical (unpaired) electrons. The summed E-state index contributed by atoms with van der Waals surface area (Å²) in [7, 11) is 0. The van der Waals surface area contributed by atoms with Gasteiger partial charge in [-0.25, -0.2) is 4.98 Å². The standard InChI is InChI=1S/C17H19N5O2S2/c1-3-24-12-4-5-13-14(10-12)25-17(18-13)22-8-6-21(7-9-22)16(23)15-11(2)19-20-26-15/h4-5,10H,3,6-9H2,1-2H3. The Labute approximate surface area is 159 Å². The van der Waals surface area contributed by atoms with Gasteiger partial charge in [0.2, 0.25) is 0 Å². The van der Waals surface area contributed by atoms with E-state index in [0.717, 1.165) is 34.2 Å². The van der Waals surface area contributed by atoms with Gasteiger partial charge in [0.05, 0.1) is 22.5 Å². The van der Waals surface area contributed by atoms with Crippen LogP contribution in [0.1, 0.15) is 22.3 Å². The fraction of sp³-hybridized carbons (Fsp3) is 0.412. The number of hydrogen-bond donors (Lipinski definition) is 0. The van der Waals surface area contributed by atoms with Crippen LogP contribution in [0.25, 0.3) is 10.2 Å². The zero-order valence-corrected chi connectivity index (χ0v) is 16.3. The van der Waals surface area contributed by atoms with Crippen molar-refractivity contribution in [2.24, 2.45) is 0 Å². The quantitative estimate of drug-likeness (QED) is 0.683. The van der Waals surface area contributed by atoms with Crippen LogP contribution in [0.4, 0.5) is 5.13 Å². The third kappa shape index (κ3) is 3.24. The molecule has 3 aromatic rings. The van der Waals surface area contributed by atoms with Gasteiger partial charge in [0, 0.05) is 26.2 Å². The number of ether oxygens (including phenoxy) is 1. The molecule has 1 fully saturated rings. The van der Waals surface area contributed by atoms with Gasteiger partial charge in [-0.05, 0) is 43.6 Å². The van der Waals surface area contributed by atoms with Crippen molar-refractivity contribution in [3.63, 3.8) is 0 Å². The molecule has 2 aromatic heterocycles. The zero-order chi connectivity index (χ0) is 18.1. The molecule has 1 amide bonds. The van der Waals surface area contributed by atoms with Gasteiger partial charge in [0.15, 0.2) is 5.13 Å². The van der Waals surface area contributed by atoms with Gasteiger partial charge >= 0.3 is 0 Å². The van der Waals surface area contributed by atoms with E-state index in [1.54, 1.807) is 11.3 Å².